The fraction of sp³-hybridized carbons (Fsp3) is 0.500. The Kier molecular flexibility index (Phi) is 4.95. The van der Waals surface area contributed by atoms with Gasteiger partial charge in [0.05, 0.1) is 17.2 Å². The Morgan fingerprint density at radius 1 is 1.38 bits per heavy atom. The molecule has 6 nitrogen and oxygen atoms in total. The summed E-state index contributed by atoms with van der Waals surface area (Å²) in [6.45, 7) is 8.62. The number of nitrogens with zero attached hydrogens (tertiary/aromatic N) is 2. The van der Waals surface area contributed by atoms with E-state index in [1.807, 2.05) is 33.9 Å². The summed E-state index contributed by atoms with van der Waals surface area (Å²) in [5.41, 5.74) is 0.847. The maximum absolute atomic E-state index is 11.7. The predicted octanol–water partition coefficient (Wildman–Crippen LogP) is 2.66. The summed E-state index contributed by atoms with van der Waals surface area (Å²) in [7, 11) is 0. The number of aromatic nitrogens is 2. The van der Waals surface area contributed by atoms with Crippen molar-refractivity contribution in [3.05, 3.63) is 33.4 Å². The lowest BCUT2D eigenvalue weighted by atomic mass is 10.2. The average molecular weight is 308 g/mol. The number of aryl methyl sites for hydroxylation is 3. The van der Waals surface area contributed by atoms with E-state index in [1.54, 1.807) is 11.3 Å². The Morgan fingerprint density at radius 2 is 2.14 bits per heavy atom. The first-order chi connectivity index (χ1) is 9.95. The summed E-state index contributed by atoms with van der Waals surface area (Å²) < 4.78 is 5.40. The smallest absolute Gasteiger partial charge is 0.315 e. The number of rotatable bonds is 5. The van der Waals surface area contributed by atoms with Gasteiger partial charge >= 0.3 is 6.03 Å². The number of thiazole rings is 1. The molecule has 0 spiro atoms. The zero-order chi connectivity index (χ0) is 15.4. The van der Waals surface area contributed by atoms with E-state index in [4.69, 9.17) is 4.42 Å². The second-order valence-electron chi connectivity index (χ2n) is 5.02. The lowest BCUT2D eigenvalue weighted by molar-refractivity contribution is 0.238. The van der Waals surface area contributed by atoms with Crippen molar-refractivity contribution in [3.8, 4) is 0 Å². The third kappa shape index (κ3) is 4.29. The van der Waals surface area contributed by atoms with Crippen molar-refractivity contribution in [1.82, 2.24) is 20.6 Å². The van der Waals surface area contributed by atoms with Gasteiger partial charge in [0.15, 0.2) is 0 Å². The van der Waals surface area contributed by atoms with Crippen LogP contribution in [0.1, 0.15) is 40.1 Å². The Hall–Kier alpha value is -1.89. The van der Waals surface area contributed by atoms with Gasteiger partial charge in [0, 0.05) is 23.5 Å². The molecule has 1 atom stereocenters. The quantitative estimate of drug-likeness (QED) is 0.890. The molecule has 0 aromatic carbocycles. The number of oxazole rings is 1. The number of carbonyl (C=O) groups excluding carboxylic acids is 1. The van der Waals surface area contributed by atoms with Crippen molar-refractivity contribution in [2.75, 3.05) is 6.54 Å². The molecule has 7 heteroatoms. The van der Waals surface area contributed by atoms with Gasteiger partial charge in [-0.2, -0.15) is 0 Å². The summed E-state index contributed by atoms with van der Waals surface area (Å²) in [5.74, 6) is 1.49. The van der Waals surface area contributed by atoms with Gasteiger partial charge in [-0.15, -0.1) is 11.3 Å². The minimum Gasteiger partial charge on any atom is -0.444 e. The second-order valence-corrected chi connectivity index (χ2v) is 6.29. The van der Waals surface area contributed by atoms with Crippen LogP contribution in [0.15, 0.2) is 10.6 Å². The molecule has 1 unspecified atom stereocenters. The highest BCUT2D eigenvalue weighted by Gasteiger charge is 2.12. The van der Waals surface area contributed by atoms with Crippen molar-refractivity contribution in [2.24, 2.45) is 0 Å². The molecule has 0 aliphatic heterocycles. The van der Waals surface area contributed by atoms with Crippen LogP contribution in [0.5, 0.6) is 0 Å². The summed E-state index contributed by atoms with van der Waals surface area (Å²) in [6.07, 6.45) is 1.85. The van der Waals surface area contributed by atoms with Gasteiger partial charge in [-0.1, -0.05) is 6.92 Å². The average Bonchev–Trinajstić information content (AvgIpc) is 3.00. The monoisotopic (exact) mass is 308 g/mol. The van der Waals surface area contributed by atoms with Gasteiger partial charge in [-0.05, 0) is 20.8 Å². The van der Waals surface area contributed by atoms with Crippen LogP contribution in [0.4, 0.5) is 4.79 Å². The van der Waals surface area contributed by atoms with Crippen molar-refractivity contribution >= 4 is 17.4 Å². The van der Waals surface area contributed by atoms with Gasteiger partial charge < -0.3 is 15.1 Å². The molecule has 2 aromatic heterocycles. The molecule has 2 heterocycles. The molecule has 0 radical (unpaired) electrons. The van der Waals surface area contributed by atoms with Crippen LogP contribution in [0.3, 0.4) is 0 Å². The predicted molar refractivity (Wildman–Crippen MR) is 81.5 cm³/mol. The Balaban J connectivity index is 1.74. The molecule has 0 fully saturated rings. The minimum absolute atomic E-state index is 0.195. The SMILES string of the molecule is Cc1cnc(C(C)CNC(=O)NCc2nc(C)c(C)o2)s1. The third-order valence-electron chi connectivity index (χ3n) is 3.10. The van der Waals surface area contributed by atoms with Crippen LogP contribution in [0, 0.1) is 20.8 Å². The van der Waals surface area contributed by atoms with Crippen LogP contribution in [-0.2, 0) is 6.54 Å². The number of carbonyl (C=O) groups is 1. The lowest BCUT2D eigenvalue weighted by Gasteiger charge is -2.10. The van der Waals surface area contributed by atoms with E-state index in [0.29, 0.717) is 12.4 Å². The molecule has 0 aliphatic rings. The highest BCUT2D eigenvalue weighted by Crippen LogP contribution is 2.20. The first-order valence-corrected chi connectivity index (χ1v) is 7.64. The zero-order valence-corrected chi connectivity index (χ0v) is 13.5. The van der Waals surface area contributed by atoms with Crippen LogP contribution in [0.2, 0.25) is 0 Å². The van der Waals surface area contributed by atoms with E-state index >= 15 is 0 Å². The van der Waals surface area contributed by atoms with E-state index in [0.717, 1.165) is 16.5 Å². The Bertz CT molecular complexity index is 601. The van der Waals surface area contributed by atoms with Crippen molar-refractivity contribution in [3.63, 3.8) is 0 Å². The van der Waals surface area contributed by atoms with Crippen LogP contribution in [-0.4, -0.2) is 22.5 Å². The van der Waals surface area contributed by atoms with E-state index in [2.05, 4.69) is 20.6 Å². The lowest BCUT2D eigenvalue weighted by Crippen LogP contribution is -2.37. The summed E-state index contributed by atoms with van der Waals surface area (Å²) in [4.78, 5) is 21.4. The van der Waals surface area contributed by atoms with Gasteiger partial charge in [-0.25, -0.2) is 14.8 Å². The second kappa shape index (κ2) is 6.71. The maximum atomic E-state index is 11.7. The number of nitrogens with one attached hydrogen (secondary N) is 2. The van der Waals surface area contributed by atoms with Crippen LogP contribution in [0.25, 0.3) is 0 Å². The van der Waals surface area contributed by atoms with Crippen LogP contribution >= 0.6 is 11.3 Å². The fourth-order valence-electron chi connectivity index (χ4n) is 1.77. The summed E-state index contributed by atoms with van der Waals surface area (Å²) in [6, 6.07) is -0.233. The molecule has 0 saturated heterocycles. The largest absolute Gasteiger partial charge is 0.444 e. The summed E-state index contributed by atoms with van der Waals surface area (Å²) >= 11 is 1.65. The van der Waals surface area contributed by atoms with Gasteiger partial charge in [0.25, 0.3) is 0 Å². The Morgan fingerprint density at radius 3 is 2.71 bits per heavy atom. The highest BCUT2D eigenvalue weighted by atomic mass is 32.1. The minimum atomic E-state index is -0.233. The summed E-state index contributed by atoms with van der Waals surface area (Å²) in [5, 5.41) is 6.59. The topological polar surface area (TPSA) is 80.0 Å². The number of urea groups is 1. The first kappa shape index (κ1) is 15.5. The zero-order valence-electron chi connectivity index (χ0n) is 12.7. The molecule has 21 heavy (non-hydrogen) atoms. The van der Waals surface area contributed by atoms with Gasteiger partial charge in [0.1, 0.15) is 5.76 Å². The molecule has 2 aromatic rings. The van der Waals surface area contributed by atoms with E-state index < -0.39 is 0 Å². The number of amides is 2. The van der Waals surface area contributed by atoms with Crippen LogP contribution < -0.4 is 10.6 Å². The Labute approximate surface area is 128 Å². The molecule has 2 rings (SSSR count). The van der Waals surface area contributed by atoms with Gasteiger partial charge in [-0.3, -0.25) is 0 Å². The number of hydrogen-bond acceptors (Lipinski definition) is 5. The van der Waals surface area contributed by atoms with Crippen molar-refractivity contribution < 1.29 is 9.21 Å². The van der Waals surface area contributed by atoms with E-state index in [9.17, 15) is 4.79 Å². The molecular formula is C14H20N4O2S. The van der Waals surface area contributed by atoms with Gasteiger partial charge in [0.2, 0.25) is 5.89 Å². The molecular weight excluding hydrogens is 288 g/mol. The molecule has 2 N–H and O–H groups in total. The number of hydrogen-bond donors (Lipinski definition) is 2. The normalized spacial score (nSPS) is 12.2. The van der Waals surface area contributed by atoms with Crippen molar-refractivity contribution in [1.29, 1.82) is 0 Å². The fourth-order valence-corrected chi connectivity index (χ4v) is 2.59. The van der Waals surface area contributed by atoms with E-state index in [1.165, 1.54) is 4.88 Å². The highest BCUT2D eigenvalue weighted by molar-refractivity contribution is 7.11. The molecule has 0 aliphatic carbocycles. The first-order valence-electron chi connectivity index (χ1n) is 6.82. The third-order valence-corrected chi connectivity index (χ3v) is 4.25. The molecule has 0 saturated carbocycles. The van der Waals surface area contributed by atoms with E-state index in [-0.39, 0.29) is 18.5 Å². The maximum Gasteiger partial charge on any atom is 0.315 e. The molecule has 0 bridgehead atoms. The molecule has 114 valence electrons. The molecule has 2 amide bonds. The van der Waals surface area contributed by atoms with Crippen molar-refractivity contribution in [2.45, 2.75) is 40.2 Å². The standard InChI is InChI=1S/C14H20N4O2S/c1-8(13-15-6-9(2)21-13)5-16-14(19)17-7-12-18-10(3)11(4)20-12/h6,8H,5,7H2,1-4H3,(H2,16,17,19).